The number of aromatic nitrogens is 1. The fraction of sp³-hybridized carbons (Fsp3) is 0.333. The molecule has 0 fully saturated rings. The fourth-order valence-electron chi connectivity index (χ4n) is 1.88. The van der Waals surface area contributed by atoms with E-state index in [1.807, 2.05) is 45.0 Å². The first-order chi connectivity index (χ1) is 9.06. The Bertz CT molecular complexity index is 551. The Labute approximate surface area is 112 Å². The van der Waals surface area contributed by atoms with E-state index >= 15 is 0 Å². The van der Waals surface area contributed by atoms with Gasteiger partial charge < -0.3 is 9.84 Å². The smallest absolute Gasteiger partial charge is 0.224 e. The normalized spacial score (nSPS) is 10.5. The molecule has 1 amide bonds. The van der Waals surface area contributed by atoms with Crippen LogP contribution in [0.1, 0.15) is 28.1 Å². The zero-order valence-corrected chi connectivity index (χ0v) is 11.5. The number of benzene rings is 1. The lowest BCUT2D eigenvalue weighted by Gasteiger charge is -2.05. The molecule has 100 valence electrons. The molecule has 0 aliphatic rings. The molecular formula is C15H18N2O2. The van der Waals surface area contributed by atoms with Gasteiger partial charge in [-0.1, -0.05) is 35.0 Å². The third-order valence-corrected chi connectivity index (χ3v) is 3.13. The molecule has 1 N–H and O–H groups in total. The van der Waals surface area contributed by atoms with Crippen LogP contribution < -0.4 is 5.32 Å². The Hall–Kier alpha value is -2.10. The second kappa shape index (κ2) is 5.69. The summed E-state index contributed by atoms with van der Waals surface area (Å²) in [6.45, 7) is 6.25. The van der Waals surface area contributed by atoms with Gasteiger partial charge in [0.2, 0.25) is 5.91 Å². The van der Waals surface area contributed by atoms with E-state index in [1.54, 1.807) is 0 Å². The number of aryl methyl sites for hydroxylation is 3. The van der Waals surface area contributed by atoms with Crippen LogP contribution in [0.25, 0.3) is 0 Å². The summed E-state index contributed by atoms with van der Waals surface area (Å²) >= 11 is 0. The quantitative estimate of drug-likeness (QED) is 0.916. The second-order valence-electron chi connectivity index (χ2n) is 4.74. The summed E-state index contributed by atoms with van der Waals surface area (Å²) in [5.74, 6) is 0.693. The molecule has 4 heteroatoms. The highest BCUT2D eigenvalue weighted by molar-refractivity contribution is 5.78. The van der Waals surface area contributed by atoms with E-state index < -0.39 is 0 Å². The highest BCUT2D eigenvalue weighted by Crippen LogP contribution is 2.12. The van der Waals surface area contributed by atoms with Crippen molar-refractivity contribution in [2.75, 3.05) is 0 Å². The van der Waals surface area contributed by atoms with Crippen LogP contribution in [-0.2, 0) is 17.8 Å². The van der Waals surface area contributed by atoms with Gasteiger partial charge in [0, 0.05) is 12.1 Å². The third-order valence-electron chi connectivity index (χ3n) is 3.13. The molecule has 2 aromatic rings. The number of hydrogen-bond donors (Lipinski definition) is 1. The lowest BCUT2D eigenvalue weighted by molar-refractivity contribution is -0.120. The maximum Gasteiger partial charge on any atom is 0.224 e. The zero-order valence-electron chi connectivity index (χ0n) is 11.5. The molecular weight excluding hydrogens is 240 g/mol. The van der Waals surface area contributed by atoms with E-state index in [2.05, 4.69) is 10.5 Å². The molecule has 2 rings (SSSR count). The average Bonchev–Trinajstić information content (AvgIpc) is 2.70. The number of carbonyl (C=O) groups excluding carboxylic acids is 1. The molecule has 0 unspecified atom stereocenters. The first kappa shape index (κ1) is 13.3. The zero-order chi connectivity index (χ0) is 13.8. The van der Waals surface area contributed by atoms with Crippen LogP contribution in [0, 0.1) is 20.8 Å². The topological polar surface area (TPSA) is 55.1 Å². The largest absolute Gasteiger partial charge is 0.361 e. The van der Waals surface area contributed by atoms with Gasteiger partial charge in [-0.25, -0.2) is 0 Å². The van der Waals surface area contributed by atoms with Crippen molar-refractivity contribution in [3.8, 4) is 0 Å². The predicted molar refractivity (Wildman–Crippen MR) is 72.7 cm³/mol. The molecule has 0 saturated heterocycles. The molecule has 0 saturated carbocycles. The van der Waals surface area contributed by atoms with Crippen molar-refractivity contribution in [1.29, 1.82) is 0 Å². The minimum atomic E-state index is -0.0185. The highest BCUT2D eigenvalue weighted by atomic mass is 16.5. The summed E-state index contributed by atoms with van der Waals surface area (Å²) in [5, 5.41) is 6.74. The molecule has 0 aliphatic heterocycles. The van der Waals surface area contributed by atoms with Gasteiger partial charge in [0.1, 0.15) is 5.76 Å². The van der Waals surface area contributed by atoms with Crippen LogP contribution in [0.2, 0.25) is 0 Å². The second-order valence-corrected chi connectivity index (χ2v) is 4.74. The standard InChI is InChI=1S/C15H18N2O2/c1-10-4-6-13(7-5-10)9-16-15(18)8-14-11(2)17-19-12(14)3/h4-7H,8-9H2,1-3H3,(H,16,18). The van der Waals surface area contributed by atoms with E-state index in [0.717, 1.165) is 16.8 Å². The fourth-order valence-corrected chi connectivity index (χ4v) is 1.88. The maximum atomic E-state index is 11.9. The van der Waals surface area contributed by atoms with Crippen molar-refractivity contribution in [3.05, 3.63) is 52.4 Å². The Kier molecular flexibility index (Phi) is 4.00. The third kappa shape index (κ3) is 3.44. The molecule has 1 aromatic carbocycles. The molecule has 0 aliphatic carbocycles. The predicted octanol–water partition coefficient (Wildman–Crippen LogP) is 2.46. The maximum absolute atomic E-state index is 11.9. The summed E-state index contributed by atoms with van der Waals surface area (Å²) in [4.78, 5) is 11.9. The van der Waals surface area contributed by atoms with Crippen molar-refractivity contribution >= 4 is 5.91 Å². The summed E-state index contributed by atoms with van der Waals surface area (Å²) in [6, 6.07) is 8.11. The molecule has 1 aromatic heterocycles. The van der Waals surface area contributed by atoms with E-state index in [-0.39, 0.29) is 5.91 Å². The van der Waals surface area contributed by atoms with Gasteiger partial charge in [0.15, 0.2) is 0 Å². The first-order valence-electron chi connectivity index (χ1n) is 6.30. The first-order valence-corrected chi connectivity index (χ1v) is 6.30. The van der Waals surface area contributed by atoms with Crippen LogP contribution in [0.3, 0.4) is 0 Å². The minimum absolute atomic E-state index is 0.0185. The highest BCUT2D eigenvalue weighted by Gasteiger charge is 2.12. The number of nitrogens with zero attached hydrogens (tertiary/aromatic N) is 1. The van der Waals surface area contributed by atoms with Gasteiger partial charge in [-0.2, -0.15) is 0 Å². The summed E-state index contributed by atoms with van der Waals surface area (Å²) in [5.41, 5.74) is 3.97. The average molecular weight is 258 g/mol. The summed E-state index contributed by atoms with van der Waals surface area (Å²) < 4.78 is 5.04. The van der Waals surface area contributed by atoms with Crippen molar-refractivity contribution in [2.45, 2.75) is 33.7 Å². The molecule has 0 atom stereocenters. The number of nitrogens with one attached hydrogen (secondary N) is 1. The number of amides is 1. The van der Waals surface area contributed by atoms with Gasteiger partial charge in [-0.05, 0) is 26.3 Å². The van der Waals surface area contributed by atoms with E-state index in [9.17, 15) is 4.79 Å². The molecule has 1 heterocycles. The SMILES string of the molecule is Cc1ccc(CNC(=O)Cc2c(C)noc2C)cc1. The Morgan fingerprint density at radius 1 is 1.21 bits per heavy atom. The van der Waals surface area contributed by atoms with Gasteiger partial charge in [0.05, 0.1) is 12.1 Å². The summed E-state index contributed by atoms with van der Waals surface area (Å²) in [7, 11) is 0. The van der Waals surface area contributed by atoms with E-state index in [1.165, 1.54) is 5.56 Å². The lowest BCUT2D eigenvalue weighted by Crippen LogP contribution is -2.24. The number of carbonyl (C=O) groups is 1. The number of hydrogen-bond acceptors (Lipinski definition) is 3. The molecule has 19 heavy (non-hydrogen) atoms. The summed E-state index contributed by atoms with van der Waals surface area (Å²) in [6.07, 6.45) is 0.313. The molecule has 0 bridgehead atoms. The van der Waals surface area contributed by atoms with Gasteiger partial charge in [0.25, 0.3) is 0 Å². The van der Waals surface area contributed by atoms with Crippen molar-refractivity contribution < 1.29 is 9.32 Å². The molecule has 0 radical (unpaired) electrons. The van der Waals surface area contributed by atoms with Crippen molar-refractivity contribution in [1.82, 2.24) is 10.5 Å². The van der Waals surface area contributed by atoms with Crippen LogP contribution in [0.4, 0.5) is 0 Å². The number of rotatable bonds is 4. The van der Waals surface area contributed by atoms with Crippen LogP contribution in [0.15, 0.2) is 28.8 Å². The lowest BCUT2D eigenvalue weighted by atomic mass is 10.1. The van der Waals surface area contributed by atoms with Crippen molar-refractivity contribution in [3.63, 3.8) is 0 Å². The monoisotopic (exact) mass is 258 g/mol. The van der Waals surface area contributed by atoms with Crippen molar-refractivity contribution in [2.24, 2.45) is 0 Å². The van der Waals surface area contributed by atoms with Crippen LogP contribution in [0.5, 0.6) is 0 Å². The van der Waals surface area contributed by atoms with E-state index in [0.29, 0.717) is 18.7 Å². The Balaban J connectivity index is 1.90. The van der Waals surface area contributed by atoms with Crippen LogP contribution >= 0.6 is 0 Å². The Morgan fingerprint density at radius 3 is 2.47 bits per heavy atom. The van der Waals surface area contributed by atoms with Gasteiger partial charge >= 0.3 is 0 Å². The van der Waals surface area contributed by atoms with Gasteiger partial charge in [-0.3, -0.25) is 4.79 Å². The van der Waals surface area contributed by atoms with Gasteiger partial charge in [-0.15, -0.1) is 0 Å². The Morgan fingerprint density at radius 2 is 1.89 bits per heavy atom. The molecule has 0 spiro atoms. The molecule has 4 nitrogen and oxygen atoms in total. The van der Waals surface area contributed by atoms with Crippen LogP contribution in [-0.4, -0.2) is 11.1 Å². The minimum Gasteiger partial charge on any atom is -0.361 e. The van der Waals surface area contributed by atoms with E-state index in [4.69, 9.17) is 4.52 Å².